The summed E-state index contributed by atoms with van der Waals surface area (Å²) >= 11 is 1.81. The number of carbonyl (C=O) groups is 1. The Morgan fingerprint density at radius 1 is 1.32 bits per heavy atom. The summed E-state index contributed by atoms with van der Waals surface area (Å²) in [5.74, 6) is 0.463. The first-order valence-electron chi connectivity index (χ1n) is 8.82. The molecule has 0 unspecified atom stereocenters. The summed E-state index contributed by atoms with van der Waals surface area (Å²) in [6, 6.07) is 0. The minimum absolute atomic E-state index is 0.0233. The van der Waals surface area contributed by atoms with E-state index in [-0.39, 0.29) is 17.6 Å². The van der Waals surface area contributed by atoms with Crippen LogP contribution in [-0.2, 0) is 17.6 Å². The van der Waals surface area contributed by atoms with E-state index in [1.54, 1.807) is 6.33 Å². The van der Waals surface area contributed by atoms with Crippen molar-refractivity contribution in [3.05, 3.63) is 16.8 Å². The van der Waals surface area contributed by atoms with Crippen LogP contribution in [0.5, 0.6) is 5.88 Å². The molecule has 4 N–H and O–H groups in total. The van der Waals surface area contributed by atoms with Crippen LogP contribution in [-0.4, -0.2) is 27.5 Å². The molecule has 0 saturated heterocycles. The lowest BCUT2D eigenvalue weighted by Crippen LogP contribution is -2.42. The molecular weight excluding hydrogens is 336 g/mol. The van der Waals surface area contributed by atoms with E-state index in [1.165, 1.54) is 35.6 Å². The van der Waals surface area contributed by atoms with Crippen molar-refractivity contribution < 1.29 is 9.53 Å². The third-order valence-electron chi connectivity index (χ3n) is 4.82. The number of carbonyl (C=O) groups excluding carboxylic acids is 1. The van der Waals surface area contributed by atoms with Crippen molar-refractivity contribution >= 4 is 27.5 Å². The number of hydrogen-bond donors (Lipinski definition) is 2. The van der Waals surface area contributed by atoms with Crippen LogP contribution in [0.1, 0.15) is 56.4 Å². The van der Waals surface area contributed by atoms with Gasteiger partial charge >= 0.3 is 0 Å². The lowest BCUT2D eigenvalue weighted by atomic mass is 9.83. The molecule has 1 saturated carbocycles. The zero-order chi connectivity index (χ0) is 18.0. The predicted octanol–water partition coefficient (Wildman–Crippen LogP) is 2.71. The number of rotatable bonds is 2. The maximum Gasteiger partial charge on any atom is 0.225 e. The number of fused-ring (bicyclic) bond motifs is 3. The molecule has 2 heterocycles. The Labute approximate surface area is 152 Å². The van der Waals surface area contributed by atoms with Crippen molar-refractivity contribution in [1.29, 1.82) is 0 Å². The number of amides is 1. The van der Waals surface area contributed by atoms with Gasteiger partial charge in [0.1, 0.15) is 17.3 Å². The first kappa shape index (κ1) is 18.1. The molecule has 0 radical (unpaired) electrons. The average molecular weight is 362 g/mol. The summed E-state index contributed by atoms with van der Waals surface area (Å²) in [5.41, 5.74) is 12.1. The molecular formula is C18H26N4O2S. The molecule has 136 valence electrons. The summed E-state index contributed by atoms with van der Waals surface area (Å²) in [6.45, 7) is 3.44. The van der Waals surface area contributed by atoms with Gasteiger partial charge in [-0.2, -0.15) is 0 Å². The van der Waals surface area contributed by atoms with Crippen molar-refractivity contribution in [3.8, 4) is 5.88 Å². The van der Waals surface area contributed by atoms with Gasteiger partial charge in [-0.15, -0.1) is 11.3 Å². The van der Waals surface area contributed by atoms with Crippen molar-refractivity contribution in [3.63, 3.8) is 0 Å². The van der Waals surface area contributed by atoms with Crippen LogP contribution in [0.25, 0.3) is 10.2 Å². The van der Waals surface area contributed by atoms with Crippen molar-refractivity contribution in [2.45, 2.75) is 70.4 Å². The molecule has 25 heavy (non-hydrogen) atoms. The number of thiophene rings is 1. The Morgan fingerprint density at radius 3 is 2.68 bits per heavy atom. The first-order chi connectivity index (χ1) is 11.9. The molecule has 7 heteroatoms. The largest absolute Gasteiger partial charge is 0.474 e. The highest BCUT2D eigenvalue weighted by atomic mass is 32.1. The van der Waals surface area contributed by atoms with Gasteiger partial charge in [0.25, 0.3) is 0 Å². The minimum atomic E-state index is -0.333. The molecule has 0 aromatic carbocycles. The number of hydrogen-bond acceptors (Lipinski definition) is 6. The maximum atomic E-state index is 9.22. The summed E-state index contributed by atoms with van der Waals surface area (Å²) in [7, 11) is 0. The van der Waals surface area contributed by atoms with Gasteiger partial charge in [-0.05, 0) is 57.4 Å². The van der Waals surface area contributed by atoms with E-state index in [9.17, 15) is 4.79 Å². The van der Waals surface area contributed by atoms with E-state index in [0.717, 1.165) is 42.8 Å². The number of nitrogens with zero attached hydrogens (tertiary/aromatic N) is 2. The Bertz CT molecular complexity index is 758. The van der Waals surface area contributed by atoms with Gasteiger partial charge in [-0.3, -0.25) is 4.79 Å². The third-order valence-corrected chi connectivity index (χ3v) is 6.02. The molecule has 0 spiro atoms. The molecule has 0 atom stereocenters. The summed E-state index contributed by atoms with van der Waals surface area (Å²) in [4.78, 5) is 20.6. The molecule has 2 aliphatic carbocycles. The number of aromatic nitrogens is 2. The van der Waals surface area contributed by atoms with Gasteiger partial charge in [-0.1, -0.05) is 0 Å². The van der Waals surface area contributed by atoms with E-state index in [1.807, 2.05) is 11.3 Å². The van der Waals surface area contributed by atoms with E-state index in [4.69, 9.17) is 10.5 Å². The van der Waals surface area contributed by atoms with E-state index in [0.29, 0.717) is 0 Å². The van der Waals surface area contributed by atoms with Gasteiger partial charge in [0, 0.05) is 17.3 Å². The zero-order valence-corrected chi connectivity index (χ0v) is 15.7. The molecule has 4 rings (SSSR count). The van der Waals surface area contributed by atoms with Crippen LogP contribution in [0.4, 0.5) is 0 Å². The Kier molecular flexibility index (Phi) is 5.24. The molecule has 0 bridgehead atoms. The molecule has 2 aliphatic rings. The maximum absolute atomic E-state index is 9.22. The van der Waals surface area contributed by atoms with Crippen LogP contribution >= 0.6 is 11.3 Å². The van der Waals surface area contributed by atoms with Crippen LogP contribution in [0, 0.1) is 0 Å². The second-order valence-electron chi connectivity index (χ2n) is 7.30. The smallest absolute Gasteiger partial charge is 0.225 e. The highest BCUT2D eigenvalue weighted by Crippen LogP contribution is 2.40. The second kappa shape index (κ2) is 7.25. The van der Waals surface area contributed by atoms with Crippen LogP contribution in [0.15, 0.2) is 6.33 Å². The molecule has 2 aromatic heterocycles. The predicted molar refractivity (Wildman–Crippen MR) is 99.8 cm³/mol. The fourth-order valence-corrected chi connectivity index (χ4v) is 4.74. The zero-order valence-electron chi connectivity index (χ0n) is 14.9. The third kappa shape index (κ3) is 4.27. The summed E-state index contributed by atoms with van der Waals surface area (Å²) in [5, 5.41) is 1.18. The van der Waals surface area contributed by atoms with E-state index < -0.39 is 0 Å². The SMILES string of the molecule is CC(N)=O.CC1(N)CCC(Oc2ncnc3sc4c(c23)CCC4)CC1. The van der Waals surface area contributed by atoms with Gasteiger partial charge < -0.3 is 16.2 Å². The topological polar surface area (TPSA) is 104 Å². The Hall–Kier alpha value is -1.73. The Balaban J connectivity index is 0.000000415. The molecule has 1 amide bonds. The molecule has 1 fully saturated rings. The standard InChI is InChI=1S/C16H21N3OS.C2H5NO/c1-16(17)7-5-10(6-8-16)20-14-13-11-3-2-4-12(11)21-15(13)19-9-18-14;1-2(3)4/h9-10H,2-8,17H2,1H3;1H3,(H2,3,4). The molecule has 2 aromatic rings. The van der Waals surface area contributed by atoms with Crippen molar-refractivity contribution in [2.75, 3.05) is 0 Å². The lowest BCUT2D eigenvalue weighted by Gasteiger charge is -2.34. The van der Waals surface area contributed by atoms with E-state index >= 15 is 0 Å². The summed E-state index contributed by atoms with van der Waals surface area (Å²) in [6.07, 6.45) is 9.54. The average Bonchev–Trinajstić information content (AvgIpc) is 3.09. The highest BCUT2D eigenvalue weighted by molar-refractivity contribution is 7.18. The fourth-order valence-electron chi connectivity index (χ4n) is 3.52. The Morgan fingerprint density at radius 2 is 2.00 bits per heavy atom. The normalized spacial score (nSPS) is 25.2. The monoisotopic (exact) mass is 362 g/mol. The van der Waals surface area contributed by atoms with Crippen molar-refractivity contribution in [1.82, 2.24) is 9.97 Å². The lowest BCUT2D eigenvalue weighted by molar-refractivity contribution is -0.115. The van der Waals surface area contributed by atoms with Crippen LogP contribution < -0.4 is 16.2 Å². The minimum Gasteiger partial charge on any atom is -0.474 e. The van der Waals surface area contributed by atoms with Crippen LogP contribution in [0.3, 0.4) is 0 Å². The quantitative estimate of drug-likeness (QED) is 0.855. The van der Waals surface area contributed by atoms with Crippen LogP contribution in [0.2, 0.25) is 0 Å². The fraction of sp³-hybridized carbons (Fsp3) is 0.611. The number of primary amides is 1. The summed E-state index contributed by atoms with van der Waals surface area (Å²) < 4.78 is 6.25. The van der Waals surface area contributed by atoms with Gasteiger partial charge in [0.2, 0.25) is 11.8 Å². The number of aryl methyl sites for hydroxylation is 2. The van der Waals surface area contributed by atoms with Gasteiger partial charge in [-0.25, -0.2) is 9.97 Å². The molecule has 6 nitrogen and oxygen atoms in total. The number of ether oxygens (including phenoxy) is 1. The first-order valence-corrected chi connectivity index (χ1v) is 9.64. The van der Waals surface area contributed by atoms with Crippen molar-refractivity contribution in [2.24, 2.45) is 11.5 Å². The second-order valence-corrected chi connectivity index (χ2v) is 8.38. The van der Waals surface area contributed by atoms with Gasteiger partial charge in [0.05, 0.1) is 5.39 Å². The van der Waals surface area contributed by atoms with E-state index in [2.05, 4.69) is 22.6 Å². The molecule has 0 aliphatic heterocycles. The number of nitrogens with two attached hydrogens (primary N) is 2. The highest BCUT2D eigenvalue weighted by Gasteiger charge is 2.30. The van der Waals surface area contributed by atoms with Gasteiger partial charge in [0.15, 0.2) is 0 Å².